The molecule has 0 aliphatic carbocycles. The minimum atomic E-state index is -1.13. The van der Waals surface area contributed by atoms with Crippen molar-refractivity contribution in [3.05, 3.63) is 84.6 Å². The summed E-state index contributed by atoms with van der Waals surface area (Å²) in [6.45, 7) is 4.77. The molecule has 0 aromatic carbocycles. The molecule has 7 heteroatoms. The van der Waals surface area contributed by atoms with Crippen molar-refractivity contribution in [2.45, 2.75) is 65.2 Å². The van der Waals surface area contributed by atoms with Crippen LogP contribution in [0, 0.1) is 0 Å². The molecule has 0 spiro atoms. The first-order valence-electron chi connectivity index (χ1n) is 13.4. The van der Waals surface area contributed by atoms with E-state index in [0.717, 1.165) is 44.6 Å². The van der Waals surface area contributed by atoms with Crippen LogP contribution in [0.1, 0.15) is 65.2 Å². The number of allylic oxidation sites excluding steroid dienone is 12. The third kappa shape index (κ3) is 25.6. The maximum absolute atomic E-state index is 11.8. The molecular weight excluding hydrogens is 480 g/mol. The summed E-state index contributed by atoms with van der Waals surface area (Å²) in [6, 6.07) is 0. The zero-order chi connectivity index (χ0) is 28.1. The zero-order valence-electron chi connectivity index (χ0n) is 23.1. The molecule has 0 saturated carbocycles. The van der Waals surface area contributed by atoms with Gasteiger partial charge in [-0.2, -0.15) is 0 Å². The lowest BCUT2D eigenvalue weighted by Crippen LogP contribution is -2.29. The second-order valence-corrected chi connectivity index (χ2v) is 8.34. The summed E-state index contributed by atoms with van der Waals surface area (Å²) in [4.78, 5) is 33.9. The Hall–Kier alpha value is -3.45. The van der Waals surface area contributed by atoms with Crippen molar-refractivity contribution in [3.8, 4) is 0 Å². The third-order valence-electron chi connectivity index (χ3n) is 4.93. The van der Waals surface area contributed by atoms with E-state index in [0.29, 0.717) is 26.0 Å². The lowest BCUT2D eigenvalue weighted by molar-refractivity contribution is -0.133. The van der Waals surface area contributed by atoms with Gasteiger partial charge in [-0.1, -0.05) is 79.8 Å². The van der Waals surface area contributed by atoms with E-state index in [1.54, 1.807) is 0 Å². The summed E-state index contributed by atoms with van der Waals surface area (Å²) in [5, 5.41) is 14.0. The number of hydrogen-bond donors (Lipinski definition) is 3. The van der Waals surface area contributed by atoms with Crippen molar-refractivity contribution in [2.75, 3.05) is 26.3 Å². The van der Waals surface area contributed by atoms with Gasteiger partial charge in [-0.25, -0.2) is 4.79 Å². The van der Waals surface area contributed by atoms with Gasteiger partial charge in [-0.05, 0) is 51.9 Å². The molecule has 0 unspecified atom stereocenters. The zero-order valence-corrected chi connectivity index (χ0v) is 23.1. The van der Waals surface area contributed by atoms with E-state index in [4.69, 9.17) is 9.84 Å². The average molecular weight is 527 g/mol. The van der Waals surface area contributed by atoms with Crippen LogP contribution >= 0.6 is 0 Å². The smallest absolute Gasteiger partial charge is 0.331 e. The van der Waals surface area contributed by atoms with Crippen molar-refractivity contribution < 1.29 is 24.2 Å². The predicted octanol–water partition coefficient (Wildman–Crippen LogP) is 5.74. The Morgan fingerprint density at radius 1 is 0.684 bits per heavy atom. The van der Waals surface area contributed by atoms with E-state index in [2.05, 4.69) is 84.4 Å². The number of aliphatic carboxylic acids is 1. The van der Waals surface area contributed by atoms with E-state index in [1.807, 2.05) is 6.08 Å². The molecular formula is C31H46N2O5. The van der Waals surface area contributed by atoms with E-state index < -0.39 is 11.9 Å². The van der Waals surface area contributed by atoms with Crippen LogP contribution < -0.4 is 10.6 Å². The van der Waals surface area contributed by atoms with Gasteiger partial charge in [0.2, 0.25) is 11.8 Å². The Morgan fingerprint density at radius 3 is 1.61 bits per heavy atom. The van der Waals surface area contributed by atoms with Crippen molar-refractivity contribution in [1.29, 1.82) is 0 Å². The number of carbonyl (C=O) groups excluding carboxylic acids is 2. The topological polar surface area (TPSA) is 105 Å². The Bertz CT molecular complexity index is 863. The molecule has 2 amide bonds. The highest BCUT2D eigenvalue weighted by Gasteiger charge is 2.03. The standard InChI is InChI=1S/C31H46N2O5/c1-3-4-5-6-7-8-9-10-11-12-13-14-15-16-17-18-19-20-21-22-29(34)32-23-25-38-26-24-33-30(35)27-28(2)31(36)37/h4-5,7-8,10-11,13-14,16-17,19-20,27H,3,6,9,12,15,18,21-26H2,1-2H3,(H,32,34)(H,33,35)(H,36,37). The molecule has 0 rings (SSSR count). The van der Waals surface area contributed by atoms with Crippen molar-refractivity contribution >= 4 is 17.8 Å². The van der Waals surface area contributed by atoms with E-state index in [1.165, 1.54) is 6.92 Å². The van der Waals surface area contributed by atoms with Crippen molar-refractivity contribution in [1.82, 2.24) is 10.6 Å². The maximum atomic E-state index is 11.8. The molecule has 0 saturated heterocycles. The molecule has 0 bridgehead atoms. The van der Waals surface area contributed by atoms with Gasteiger partial charge in [0.25, 0.3) is 0 Å². The Balaban J connectivity index is 3.62. The second-order valence-electron chi connectivity index (χ2n) is 8.34. The molecule has 0 aliphatic rings. The van der Waals surface area contributed by atoms with Crippen LogP contribution in [0.5, 0.6) is 0 Å². The molecule has 0 atom stereocenters. The fourth-order valence-electron chi connectivity index (χ4n) is 2.86. The van der Waals surface area contributed by atoms with Gasteiger partial charge in [0.05, 0.1) is 13.2 Å². The first-order chi connectivity index (χ1) is 18.5. The van der Waals surface area contributed by atoms with Gasteiger partial charge in [-0.3, -0.25) is 9.59 Å². The lowest BCUT2D eigenvalue weighted by atomic mass is 10.2. The molecule has 38 heavy (non-hydrogen) atoms. The van der Waals surface area contributed by atoms with Crippen LogP contribution in [-0.4, -0.2) is 49.2 Å². The summed E-state index contributed by atoms with van der Waals surface area (Å²) >= 11 is 0. The fraction of sp³-hybridized carbons (Fsp3) is 0.452. The quantitative estimate of drug-likeness (QED) is 0.0947. The molecule has 0 radical (unpaired) electrons. The minimum absolute atomic E-state index is 0.0317. The number of rotatable bonds is 22. The number of hydrogen-bond acceptors (Lipinski definition) is 4. The van der Waals surface area contributed by atoms with Gasteiger partial charge in [-0.15, -0.1) is 0 Å². The Labute approximate surface area is 228 Å². The first kappa shape index (κ1) is 34.6. The highest BCUT2D eigenvalue weighted by molar-refractivity contribution is 5.97. The monoisotopic (exact) mass is 526 g/mol. The second kappa shape index (κ2) is 26.6. The molecule has 3 N–H and O–H groups in total. The van der Waals surface area contributed by atoms with Crippen molar-refractivity contribution in [2.24, 2.45) is 0 Å². The Morgan fingerprint density at radius 2 is 1.13 bits per heavy atom. The SMILES string of the molecule is CCC=CCC=CCC=CCC=CCC=CCC=CCCC(=O)NCCOCCNC(=O)C=C(C)C(=O)O. The fourth-order valence-corrected chi connectivity index (χ4v) is 2.86. The number of carboxylic acid groups (broad SMARTS) is 1. The molecule has 0 heterocycles. The van der Waals surface area contributed by atoms with Crippen LogP contribution in [0.25, 0.3) is 0 Å². The summed E-state index contributed by atoms with van der Waals surface area (Å²) in [5.41, 5.74) is -0.0323. The van der Waals surface area contributed by atoms with Gasteiger partial charge >= 0.3 is 5.97 Å². The van der Waals surface area contributed by atoms with E-state index in [9.17, 15) is 14.4 Å². The van der Waals surface area contributed by atoms with Crippen LogP contribution in [0.2, 0.25) is 0 Å². The van der Waals surface area contributed by atoms with Crippen LogP contribution in [0.15, 0.2) is 84.6 Å². The summed E-state index contributed by atoms with van der Waals surface area (Å²) in [6.07, 6.45) is 33.8. The van der Waals surface area contributed by atoms with Gasteiger partial charge < -0.3 is 20.5 Å². The number of amides is 2. The maximum Gasteiger partial charge on any atom is 0.331 e. The largest absolute Gasteiger partial charge is 0.478 e. The van der Waals surface area contributed by atoms with Gasteiger partial charge in [0.15, 0.2) is 0 Å². The highest BCUT2D eigenvalue weighted by atomic mass is 16.5. The molecule has 0 aromatic heterocycles. The average Bonchev–Trinajstić information content (AvgIpc) is 2.89. The number of carbonyl (C=O) groups is 3. The lowest BCUT2D eigenvalue weighted by Gasteiger charge is -2.06. The summed E-state index contributed by atoms with van der Waals surface area (Å²) < 4.78 is 5.33. The summed E-state index contributed by atoms with van der Waals surface area (Å²) in [5.74, 6) is -1.64. The first-order valence-corrected chi connectivity index (χ1v) is 13.4. The molecule has 0 aliphatic heterocycles. The van der Waals surface area contributed by atoms with Crippen LogP contribution in [-0.2, 0) is 19.1 Å². The molecule has 0 fully saturated rings. The van der Waals surface area contributed by atoms with E-state index in [-0.39, 0.29) is 24.6 Å². The van der Waals surface area contributed by atoms with Crippen LogP contribution in [0.3, 0.4) is 0 Å². The Kier molecular flexibility index (Phi) is 24.2. The number of carboxylic acids is 1. The van der Waals surface area contributed by atoms with Gasteiger partial charge in [0, 0.05) is 31.2 Å². The number of ether oxygens (including phenoxy) is 1. The number of nitrogens with one attached hydrogen (secondary N) is 2. The van der Waals surface area contributed by atoms with Crippen molar-refractivity contribution in [3.63, 3.8) is 0 Å². The highest BCUT2D eigenvalue weighted by Crippen LogP contribution is 1.98. The molecule has 7 nitrogen and oxygen atoms in total. The normalized spacial score (nSPS) is 12.7. The van der Waals surface area contributed by atoms with Gasteiger partial charge in [0.1, 0.15) is 0 Å². The predicted molar refractivity (Wildman–Crippen MR) is 156 cm³/mol. The summed E-state index contributed by atoms with van der Waals surface area (Å²) in [7, 11) is 0. The minimum Gasteiger partial charge on any atom is -0.478 e. The third-order valence-corrected chi connectivity index (χ3v) is 4.93. The van der Waals surface area contributed by atoms with Crippen LogP contribution in [0.4, 0.5) is 0 Å². The molecule has 210 valence electrons. The molecule has 0 aromatic rings. The van der Waals surface area contributed by atoms with E-state index >= 15 is 0 Å².